The van der Waals surface area contributed by atoms with E-state index in [2.05, 4.69) is 5.10 Å². The summed E-state index contributed by atoms with van der Waals surface area (Å²) in [6, 6.07) is 7.79. The summed E-state index contributed by atoms with van der Waals surface area (Å²) >= 11 is 11.7. The zero-order valence-electron chi connectivity index (χ0n) is 8.95. The first-order valence-corrected chi connectivity index (χ1v) is 5.93. The molecule has 0 spiro atoms. The van der Waals surface area contributed by atoms with Crippen molar-refractivity contribution in [2.24, 2.45) is 0 Å². The maximum atomic E-state index is 5.93. The molecule has 1 heterocycles. The Bertz CT molecular complexity index is 492. The van der Waals surface area contributed by atoms with Gasteiger partial charge in [-0.2, -0.15) is 5.10 Å². The third kappa shape index (κ3) is 2.39. The Labute approximate surface area is 105 Å². The van der Waals surface area contributed by atoms with Crippen molar-refractivity contribution in [2.75, 3.05) is 0 Å². The van der Waals surface area contributed by atoms with Gasteiger partial charge in [0.05, 0.1) is 18.6 Å². The Morgan fingerprint density at radius 1 is 1.38 bits per heavy atom. The molecule has 1 aromatic carbocycles. The van der Waals surface area contributed by atoms with E-state index >= 15 is 0 Å². The molecule has 1 aromatic heterocycles. The normalized spacial score (nSPS) is 10.7. The van der Waals surface area contributed by atoms with Crippen molar-refractivity contribution >= 4 is 23.2 Å². The van der Waals surface area contributed by atoms with Crippen molar-refractivity contribution < 1.29 is 0 Å². The fraction of sp³-hybridized carbons (Fsp3) is 0.250. The van der Waals surface area contributed by atoms with Crippen molar-refractivity contribution in [3.63, 3.8) is 0 Å². The lowest BCUT2D eigenvalue weighted by atomic mass is 10.2. The number of alkyl halides is 1. The Kier molecular flexibility index (Phi) is 3.52. The van der Waals surface area contributed by atoms with Gasteiger partial charge in [-0.1, -0.05) is 23.7 Å². The number of nitrogens with zero attached hydrogens (tertiary/aromatic N) is 2. The van der Waals surface area contributed by atoms with Crippen LogP contribution >= 0.6 is 23.2 Å². The zero-order valence-corrected chi connectivity index (χ0v) is 10.5. The molecule has 16 heavy (non-hydrogen) atoms. The summed E-state index contributed by atoms with van der Waals surface area (Å²) in [5, 5.41) is 5.05. The van der Waals surface area contributed by atoms with E-state index in [-0.39, 0.29) is 0 Å². The third-order valence-electron chi connectivity index (χ3n) is 2.57. The highest BCUT2D eigenvalue weighted by atomic mass is 35.5. The van der Waals surface area contributed by atoms with Crippen LogP contribution in [0.5, 0.6) is 0 Å². The molecule has 0 aliphatic heterocycles. The van der Waals surface area contributed by atoms with Gasteiger partial charge in [0.15, 0.2) is 0 Å². The molecule has 0 N–H and O–H groups in total. The molecule has 4 heteroatoms. The molecule has 0 amide bonds. The molecule has 2 rings (SSSR count). The van der Waals surface area contributed by atoms with Gasteiger partial charge in [0.1, 0.15) is 0 Å². The van der Waals surface area contributed by atoms with E-state index in [1.807, 2.05) is 42.1 Å². The predicted molar refractivity (Wildman–Crippen MR) is 67.1 cm³/mol. The van der Waals surface area contributed by atoms with Crippen LogP contribution in [0.4, 0.5) is 0 Å². The van der Waals surface area contributed by atoms with Crippen LogP contribution in [0.2, 0.25) is 5.02 Å². The SMILES string of the molecule is Cc1c(CCl)cnn1Cc1cccc(Cl)c1. The molecule has 2 aromatic rings. The quantitative estimate of drug-likeness (QED) is 0.766. The lowest BCUT2D eigenvalue weighted by Gasteiger charge is -2.05. The first kappa shape index (κ1) is 11.5. The minimum absolute atomic E-state index is 0.501. The van der Waals surface area contributed by atoms with Crippen LogP contribution in [0.25, 0.3) is 0 Å². The van der Waals surface area contributed by atoms with Gasteiger partial charge in [-0.25, -0.2) is 0 Å². The van der Waals surface area contributed by atoms with Crippen LogP contribution in [0, 0.1) is 6.92 Å². The van der Waals surface area contributed by atoms with Crippen molar-refractivity contribution in [3.05, 3.63) is 52.3 Å². The maximum Gasteiger partial charge on any atom is 0.0663 e. The molecule has 84 valence electrons. The van der Waals surface area contributed by atoms with E-state index < -0.39 is 0 Å². The number of aromatic nitrogens is 2. The molecule has 0 fully saturated rings. The summed E-state index contributed by atoms with van der Waals surface area (Å²) in [7, 11) is 0. The topological polar surface area (TPSA) is 17.8 Å². The highest BCUT2D eigenvalue weighted by Crippen LogP contribution is 2.14. The average Bonchev–Trinajstić information content (AvgIpc) is 2.60. The lowest BCUT2D eigenvalue weighted by molar-refractivity contribution is 0.664. The molecule has 0 saturated carbocycles. The van der Waals surface area contributed by atoms with E-state index in [1.54, 1.807) is 0 Å². The number of benzene rings is 1. The van der Waals surface area contributed by atoms with Gasteiger partial charge in [0.2, 0.25) is 0 Å². The Hall–Kier alpha value is -0.990. The molecular formula is C12H12Cl2N2. The summed E-state index contributed by atoms with van der Waals surface area (Å²) in [6.45, 7) is 2.75. The minimum Gasteiger partial charge on any atom is -0.265 e. The predicted octanol–water partition coefficient (Wildman–Crippen LogP) is 3.63. The van der Waals surface area contributed by atoms with Crippen molar-refractivity contribution in [3.8, 4) is 0 Å². The first-order valence-electron chi connectivity index (χ1n) is 5.02. The second-order valence-electron chi connectivity index (χ2n) is 3.68. The van der Waals surface area contributed by atoms with Crippen LogP contribution in [-0.4, -0.2) is 9.78 Å². The lowest BCUT2D eigenvalue weighted by Crippen LogP contribution is -2.03. The summed E-state index contributed by atoms with van der Waals surface area (Å²) < 4.78 is 1.93. The van der Waals surface area contributed by atoms with E-state index in [0.29, 0.717) is 5.88 Å². The van der Waals surface area contributed by atoms with Gasteiger partial charge >= 0.3 is 0 Å². The van der Waals surface area contributed by atoms with E-state index in [9.17, 15) is 0 Å². The summed E-state index contributed by atoms with van der Waals surface area (Å²) in [4.78, 5) is 0. The average molecular weight is 255 g/mol. The second kappa shape index (κ2) is 4.89. The first-order chi connectivity index (χ1) is 7.70. The van der Waals surface area contributed by atoms with Crippen LogP contribution in [0.1, 0.15) is 16.8 Å². The standard InChI is InChI=1S/C12H12Cl2N2/c1-9-11(6-13)7-15-16(9)8-10-3-2-4-12(14)5-10/h2-5,7H,6,8H2,1H3. The van der Waals surface area contributed by atoms with Crippen molar-refractivity contribution in [2.45, 2.75) is 19.3 Å². The highest BCUT2D eigenvalue weighted by molar-refractivity contribution is 6.30. The van der Waals surface area contributed by atoms with Gasteiger partial charge in [0.25, 0.3) is 0 Å². The molecule has 0 aliphatic carbocycles. The molecule has 2 nitrogen and oxygen atoms in total. The summed E-state index contributed by atoms with van der Waals surface area (Å²) in [6.07, 6.45) is 1.81. The molecular weight excluding hydrogens is 243 g/mol. The van der Waals surface area contributed by atoms with Gasteiger partial charge < -0.3 is 0 Å². The van der Waals surface area contributed by atoms with Crippen LogP contribution < -0.4 is 0 Å². The van der Waals surface area contributed by atoms with Gasteiger partial charge in [-0.15, -0.1) is 11.6 Å². The van der Waals surface area contributed by atoms with E-state index in [4.69, 9.17) is 23.2 Å². The Morgan fingerprint density at radius 2 is 2.19 bits per heavy atom. The summed E-state index contributed by atoms with van der Waals surface area (Å²) in [5.74, 6) is 0.501. The maximum absolute atomic E-state index is 5.93. The van der Waals surface area contributed by atoms with E-state index in [1.165, 1.54) is 0 Å². The molecule has 0 radical (unpaired) electrons. The van der Waals surface area contributed by atoms with Crippen molar-refractivity contribution in [1.82, 2.24) is 9.78 Å². The van der Waals surface area contributed by atoms with Gasteiger partial charge in [-0.05, 0) is 24.6 Å². The number of halogens is 2. The van der Waals surface area contributed by atoms with E-state index in [0.717, 1.165) is 28.4 Å². The van der Waals surface area contributed by atoms with Gasteiger partial charge in [-0.3, -0.25) is 4.68 Å². The third-order valence-corrected chi connectivity index (χ3v) is 3.09. The van der Waals surface area contributed by atoms with Crippen LogP contribution in [-0.2, 0) is 12.4 Å². The Balaban J connectivity index is 2.24. The Morgan fingerprint density at radius 3 is 2.81 bits per heavy atom. The fourth-order valence-corrected chi connectivity index (χ4v) is 2.06. The van der Waals surface area contributed by atoms with Crippen molar-refractivity contribution in [1.29, 1.82) is 0 Å². The highest BCUT2D eigenvalue weighted by Gasteiger charge is 2.05. The molecule has 0 saturated heterocycles. The zero-order chi connectivity index (χ0) is 11.5. The molecule has 0 unspecified atom stereocenters. The van der Waals surface area contributed by atoms with Gasteiger partial charge in [0, 0.05) is 16.3 Å². The number of hydrogen-bond donors (Lipinski definition) is 0. The minimum atomic E-state index is 0.501. The molecule has 0 aliphatic rings. The van der Waals surface area contributed by atoms with Crippen LogP contribution in [0.15, 0.2) is 30.5 Å². The smallest absolute Gasteiger partial charge is 0.0663 e. The molecule has 0 bridgehead atoms. The summed E-state index contributed by atoms with van der Waals surface area (Å²) in [5.41, 5.74) is 3.32. The molecule has 0 atom stereocenters. The second-order valence-corrected chi connectivity index (χ2v) is 4.38. The number of rotatable bonds is 3. The fourth-order valence-electron chi connectivity index (χ4n) is 1.58. The largest absolute Gasteiger partial charge is 0.265 e. The van der Waals surface area contributed by atoms with Crippen LogP contribution in [0.3, 0.4) is 0 Å². The number of hydrogen-bond acceptors (Lipinski definition) is 1. The monoisotopic (exact) mass is 254 g/mol.